The van der Waals surface area contributed by atoms with E-state index in [4.69, 9.17) is 11.6 Å². The molecule has 5 nitrogen and oxygen atoms in total. The van der Waals surface area contributed by atoms with E-state index in [1.807, 2.05) is 0 Å². The Morgan fingerprint density at radius 2 is 1.80 bits per heavy atom. The van der Waals surface area contributed by atoms with E-state index in [1.54, 1.807) is 0 Å². The van der Waals surface area contributed by atoms with Gasteiger partial charge in [0.05, 0.1) is 21.5 Å². The topological polar surface area (TPSA) is 66.5 Å². The van der Waals surface area contributed by atoms with Crippen LogP contribution in [0.1, 0.15) is 23.2 Å². The van der Waals surface area contributed by atoms with E-state index >= 15 is 0 Å². The summed E-state index contributed by atoms with van der Waals surface area (Å²) in [6.45, 7) is -0.285. The Bertz CT molecular complexity index is 1040. The molecule has 1 N–H and O–H groups in total. The molecule has 1 heterocycles. The van der Waals surface area contributed by atoms with Gasteiger partial charge in [0.25, 0.3) is 15.9 Å². The molecule has 1 aliphatic heterocycles. The Balaban J connectivity index is 1.83. The summed E-state index contributed by atoms with van der Waals surface area (Å²) in [5, 5.41) is -0.0101. The highest BCUT2D eigenvalue weighted by Crippen LogP contribution is 2.34. The average Bonchev–Trinajstić information content (AvgIpc) is 2.69. The Hall–Kier alpha value is -2.33. The van der Waals surface area contributed by atoms with Crippen LogP contribution in [0.15, 0.2) is 47.4 Å². The van der Waals surface area contributed by atoms with Crippen molar-refractivity contribution in [1.82, 2.24) is 4.90 Å². The van der Waals surface area contributed by atoms with Gasteiger partial charge >= 0.3 is 6.18 Å². The summed E-state index contributed by atoms with van der Waals surface area (Å²) in [6.07, 6.45) is -4.22. The molecule has 2 aromatic carbocycles. The molecule has 0 bridgehead atoms. The van der Waals surface area contributed by atoms with Gasteiger partial charge in [-0.2, -0.15) is 13.2 Å². The number of rotatable bonds is 4. The molecule has 0 radical (unpaired) electrons. The molecule has 0 spiro atoms. The molecular formula is C19H17ClF4N2O3S. The third-order valence-electron chi connectivity index (χ3n) is 4.75. The van der Waals surface area contributed by atoms with Crippen molar-refractivity contribution in [3.8, 4) is 0 Å². The Morgan fingerprint density at radius 3 is 2.43 bits per heavy atom. The first kappa shape index (κ1) is 22.4. The van der Waals surface area contributed by atoms with Crippen molar-refractivity contribution in [3.05, 3.63) is 58.9 Å². The van der Waals surface area contributed by atoms with Crippen molar-refractivity contribution >= 4 is 33.2 Å². The minimum atomic E-state index is -4.39. The van der Waals surface area contributed by atoms with E-state index in [-0.39, 0.29) is 40.6 Å². The van der Waals surface area contributed by atoms with Crippen LogP contribution in [0.5, 0.6) is 0 Å². The highest BCUT2D eigenvalue weighted by Gasteiger charge is 2.42. The fraction of sp³-hybridized carbons (Fsp3) is 0.316. The fourth-order valence-corrected chi connectivity index (χ4v) is 4.46. The smallest absolute Gasteiger partial charge is 0.338 e. The van der Waals surface area contributed by atoms with E-state index in [2.05, 4.69) is 4.72 Å². The third kappa shape index (κ3) is 5.04. The van der Waals surface area contributed by atoms with Crippen LogP contribution in [0.25, 0.3) is 0 Å². The van der Waals surface area contributed by atoms with Gasteiger partial charge in [-0.1, -0.05) is 11.6 Å². The van der Waals surface area contributed by atoms with Gasteiger partial charge in [-0.3, -0.25) is 9.52 Å². The zero-order valence-electron chi connectivity index (χ0n) is 15.4. The van der Waals surface area contributed by atoms with Crippen LogP contribution in [-0.4, -0.2) is 38.5 Å². The predicted molar refractivity (Wildman–Crippen MR) is 103 cm³/mol. The van der Waals surface area contributed by atoms with Crippen molar-refractivity contribution in [2.24, 2.45) is 5.92 Å². The zero-order chi connectivity index (χ0) is 22.1. The number of anilines is 1. The molecule has 162 valence electrons. The van der Waals surface area contributed by atoms with Crippen LogP contribution >= 0.6 is 11.6 Å². The van der Waals surface area contributed by atoms with Crippen LogP contribution < -0.4 is 4.72 Å². The van der Waals surface area contributed by atoms with Gasteiger partial charge in [0.1, 0.15) is 5.82 Å². The molecule has 11 heteroatoms. The van der Waals surface area contributed by atoms with Crippen LogP contribution in [0.3, 0.4) is 0 Å². The largest absolute Gasteiger partial charge is 0.393 e. The number of alkyl halides is 3. The summed E-state index contributed by atoms with van der Waals surface area (Å²) in [6, 6.07) is 7.84. The number of hydrogen-bond acceptors (Lipinski definition) is 3. The van der Waals surface area contributed by atoms with Gasteiger partial charge in [-0.25, -0.2) is 12.8 Å². The number of benzene rings is 2. The van der Waals surface area contributed by atoms with Crippen molar-refractivity contribution in [1.29, 1.82) is 0 Å². The minimum Gasteiger partial charge on any atom is -0.338 e. The fourth-order valence-electron chi connectivity index (χ4n) is 3.17. The maximum Gasteiger partial charge on any atom is 0.393 e. The Kier molecular flexibility index (Phi) is 6.28. The normalized spacial score (nSPS) is 17.6. The number of carbonyl (C=O) groups is 1. The van der Waals surface area contributed by atoms with Crippen molar-refractivity contribution in [3.63, 3.8) is 0 Å². The first-order chi connectivity index (χ1) is 14.0. The average molecular weight is 465 g/mol. The molecule has 1 amide bonds. The summed E-state index contributed by atoms with van der Waals surface area (Å²) < 4.78 is 79.3. The van der Waals surface area contributed by atoms with E-state index in [9.17, 15) is 30.8 Å². The third-order valence-corrected chi connectivity index (χ3v) is 6.46. The number of sulfonamides is 1. The summed E-state index contributed by atoms with van der Waals surface area (Å²) in [7, 11) is -4.12. The maximum absolute atomic E-state index is 13.0. The first-order valence-corrected chi connectivity index (χ1v) is 10.8. The number of piperidine rings is 1. The van der Waals surface area contributed by atoms with Crippen LogP contribution in [-0.2, 0) is 10.0 Å². The van der Waals surface area contributed by atoms with Gasteiger partial charge in [0.15, 0.2) is 0 Å². The maximum atomic E-state index is 13.0. The molecule has 1 fully saturated rings. The van der Waals surface area contributed by atoms with Crippen molar-refractivity contribution in [2.45, 2.75) is 23.9 Å². The lowest BCUT2D eigenvalue weighted by Crippen LogP contribution is -2.44. The lowest BCUT2D eigenvalue weighted by molar-refractivity contribution is -0.184. The molecule has 30 heavy (non-hydrogen) atoms. The van der Waals surface area contributed by atoms with Crippen molar-refractivity contribution in [2.75, 3.05) is 17.8 Å². The molecule has 1 atom stereocenters. The summed E-state index contributed by atoms with van der Waals surface area (Å²) in [4.78, 5) is 13.6. The highest BCUT2D eigenvalue weighted by molar-refractivity contribution is 7.92. The number of carbonyl (C=O) groups excluding carboxylic acids is 1. The van der Waals surface area contributed by atoms with Gasteiger partial charge in [0, 0.05) is 18.7 Å². The molecule has 3 rings (SSSR count). The molecule has 1 unspecified atom stereocenters. The Labute approximate surface area is 175 Å². The van der Waals surface area contributed by atoms with E-state index in [0.29, 0.717) is 0 Å². The van der Waals surface area contributed by atoms with Gasteiger partial charge < -0.3 is 4.90 Å². The standard InChI is InChI=1S/C19H17ClF4N2O3S/c20-16-8-3-12(18(27)26-9-1-2-13(11-26)19(22,23)24)10-17(16)25-30(28,29)15-6-4-14(21)5-7-15/h3-8,10,13,25H,1-2,9,11H2. The molecule has 1 aliphatic rings. The predicted octanol–water partition coefficient (Wildman–Crippen LogP) is 4.69. The molecule has 1 saturated heterocycles. The van der Waals surface area contributed by atoms with Crippen LogP contribution in [0, 0.1) is 11.7 Å². The van der Waals surface area contributed by atoms with Gasteiger partial charge in [-0.15, -0.1) is 0 Å². The second-order valence-electron chi connectivity index (χ2n) is 6.89. The number of likely N-dealkylation sites (tertiary alicyclic amines) is 1. The number of halogens is 5. The number of nitrogens with zero attached hydrogens (tertiary/aromatic N) is 1. The lowest BCUT2D eigenvalue weighted by atomic mass is 9.97. The molecular weight excluding hydrogens is 448 g/mol. The molecule has 0 aliphatic carbocycles. The van der Waals surface area contributed by atoms with Crippen molar-refractivity contribution < 1.29 is 30.8 Å². The monoisotopic (exact) mass is 464 g/mol. The lowest BCUT2D eigenvalue weighted by Gasteiger charge is -2.33. The Morgan fingerprint density at radius 1 is 1.13 bits per heavy atom. The first-order valence-electron chi connectivity index (χ1n) is 8.91. The van der Waals surface area contributed by atoms with Gasteiger partial charge in [-0.05, 0) is 55.3 Å². The molecule has 0 saturated carbocycles. The summed E-state index contributed by atoms with van der Waals surface area (Å²) in [5.74, 6) is -2.86. The SMILES string of the molecule is O=C(c1ccc(Cl)c(NS(=O)(=O)c2ccc(F)cc2)c1)N1CCCC(C(F)(F)F)C1. The van der Waals surface area contributed by atoms with Gasteiger partial charge in [0.2, 0.25) is 0 Å². The quantitative estimate of drug-likeness (QED) is 0.667. The molecule has 0 aromatic heterocycles. The second-order valence-corrected chi connectivity index (χ2v) is 8.98. The number of hydrogen-bond donors (Lipinski definition) is 1. The summed E-state index contributed by atoms with van der Waals surface area (Å²) >= 11 is 6.03. The number of amides is 1. The second kappa shape index (κ2) is 8.43. The minimum absolute atomic E-state index is 0.000898. The number of nitrogens with one attached hydrogen (secondary N) is 1. The van der Waals surface area contributed by atoms with E-state index < -0.39 is 40.4 Å². The van der Waals surface area contributed by atoms with E-state index in [1.165, 1.54) is 18.2 Å². The van der Waals surface area contributed by atoms with Crippen LogP contribution in [0.4, 0.5) is 23.2 Å². The molecule has 2 aromatic rings. The van der Waals surface area contributed by atoms with Crippen LogP contribution in [0.2, 0.25) is 5.02 Å². The zero-order valence-corrected chi connectivity index (χ0v) is 17.0. The van der Waals surface area contributed by atoms with E-state index in [0.717, 1.165) is 29.2 Å². The highest BCUT2D eigenvalue weighted by atomic mass is 35.5. The summed E-state index contributed by atoms with van der Waals surface area (Å²) in [5.41, 5.74) is -0.116.